The predicted octanol–water partition coefficient (Wildman–Crippen LogP) is 3.53. The third-order valence-corrected chi connectivity index (χ3v) is 4.49. The highest BCUT2D eigenvalue weighted by Gasteiger charge is 2.46. The van der Waals surface area contributed by atoms with Crippen LogP contribution in [0.4, 0.5) is 13.2 Å². The predicted molar refractivity (Wildman–Crippen MR) is 69.2 cm³/mol. The van der Waals surface area contributed by atoms with Crippen molar-refractivity contribution in [2.45, 2.75) is 43.7 Å². The zero-order chi connectivity index (χ0) is 14.3. The van der Waals surface area contributed by atoms with Crippen molar-refractivity contribution in [1.29, 1.82) is 0 Å². The molecule has 2 fully saturated rings. The first-order valence-corrected chi connectivity index (χ1v) is 6.99. The molecule has 1 N–H and O–H groups in total. The molecule has 4 unspecified atom stereocenters. The van der Waals surface area contributed by atoms with E-state index >= 15 is 0 Å². The summed E-state index contributed by atoms with van der Waals surface area (Å²) in [4.78, 5) is 0. The maximum atomic E-state index is 13.2. The van der Waals surface area contributed by atoms with Gasteiger partial charge in [0.2, 0.25) is 0 Å². The molecule has 1 aromatic rings. The number of hydrogen-bond donors (Lipinski definition) is 1. The Kier molecular flexibility index (Phi) is 3.50. The fraction of sp³-hybridized carbons (Fsp3) is 0.600. The van der Waals surface area contributed by atoms with Gasteiger partial charge in [-0.15, -0.1) is 0 Å². The average molecular weight is 285 g/mol. The molecule has 0 radical (unpaired) electrons. The molecule has 2 heterocycles. The van der Waals surface area contributed by atoms with Crippen molar-refractivity contribution in [3.8, 4) is 0 Å². The number of benzene rings is 1. The van der Waals surface area contributed by atoms with E-state index in [9.17, 15) is 13.2 Å². The Balaban J connectivity index is 1.94. The van der Waals surface area contributed by atoms with Crippen LogP contribution < -0.4 is 5.32 Å². The Bertz CT molecular complexity index is 488. The number of ether oxygens (including phenoxy) is 1. The SMILES string of the molecule is CNC(c1ccccc1C(F)(F)F)C1CC2CCC1O2. The zero-order valence-electron chi connectivity index (χ0n) is 11.3. The Hall–Kier alpha value is -1.07. The highest BCUT2D eigenvalue weighted by atomic mass is 19.4. The Labute approximate surface area is 116 Å². The lowest BCUT2D eigenvalue weighted by molar-refractivity contribution is -0.138. The number of rotatable bonds is 3. The number of nitrogens with one attached hydrogen (secondary N) is 1. The number of hydrogen-bond acceptors (Lipinski definition) is 2. The van der Waals surface area contributed by atoms with Crippen molar-refractivity contribution in [2.24, 2.45) is 5.92 Å². The van der Waals surface area contributed by atoms with Crippen molar-refractivity contribution >= 4 is 0 Å². The van der Waals surface area contributed by atoms with Crippen molar-refractivity contribution in [3.05, 3.63) is 35.4 Å². The standard InChI is InChI=1S/C15H18F3NO/c1-19-14(11-8-9-6-7-13(11)20-9)10-4-2-3-5-12(10)15(16,17)18/h2-5,9,11,13-14,19H,6-8H2,1H3. The van der Waals surface area contributed by atoms with E-state index < -0.39 is 11.7 Å². The van der Waals surface area contributed by atoms with Gasteiger partial charge in [0.25, 0.3) is 0 Å². The minimum atomic E-state index is -4.32. The zero-order valence-corrected chi connectivity index (χ0v) is 11.3. The molecule has 0 amide bonds. The van der Waals surface area contributed by atoms with Crippen molar-refractivity contribution in [2.75, 3.05) is 7.05 Å². The summed E-state index contributed by atoms with van der Waals surface area (Å²) in [5.74, 6) is 0.127. The molecule has 2 nitrogen and oxygen atoms in total. The second-order valence-electron chi connectivity index (χ2n) is 5.62. The molecule has 2 bridgehead atoms. The monoisotopic (exact) mass is 285 g/mol. The smallest absolute Gasteiger partial charge is 0.375 e. The van der Waals surface area contributed by atoms with Crippen LogP contribution in [0.3, 0.4) is 0 Å². The largest absolute Gasteiger partial charge is 0.416 e. The fourth-order valence-electron chi connectivity index (χ4n) is 3.65. The van der Waals surface area contributed by atoms with Crippen LogP contribution >= 0.6 is 0 Å². The molecule has 110 valence electrons. The summed E-state index contributed by atoms with van der Waals surface area (Å²) in [5.41, 5.74) is -0.203. The van der Waals surface area contributed by atoms with Crippen LogP contribution in [0.15, 0.2) is 24.3 Å². The summed E-state index contributed by atoms with van der Waals surface area (Å²) in [5, 5.41) is 3.08. The fourth-order valence-corrected chi connectivity index (χ4v) is 3.65. The summed E-state index contributed by atoms with van der Waals surface area (Å²) in [6.45, 7) is 0. The van der Waals surface area contributed by atoms with E-state index in [2.05, 4.69) is 5.32 Å². The van der Waals surface area contributed by atoms with E-state index in [0.29, 0.717) is 5.56 Å². The van der Waals surface area contributed by atoms with Crippen LogP contribution in [-0.2, 0) is 10.9 Å². The summed E-state index contributed by atoms with van der Waals surface area (Å²) in [6, 6.07) is 5.55. The number of fused-ring (bicyclic) bond motifs is 2. The Morgan fingerprint density at radius 3 is 2.55 bits per heavy atom. The van der Waals surface area contributed by atoms with Crippen molar-refractivity contribution in [3.63, 3.8) is 0 Å². The molecule has 20 heavy (non-hydrogen) atoms. The lowest BCUT2D eigenvalue weighted by Gasteiger charge is -2.30. The lowest BCUT2D eigenvalue weighted by atomic mass is 9.80. The second-order valence-corrected chi connectivity index (χ2v) is 5.62. The lowest BCUT2D eigenvalue weighted by Crippen LogP contribution is -2.33. The van der Waals surface area contributed by atoms with Gasteiger partial charge in [0.1, 0.15) is 0 Å². The summed E-state index contributed by atoms with van der Waals surface area (Å²) >= 11 is 0. The minimum Gasteiger partial charge on any atom is -0.375 e. The van der Waals surface area contributed by atoms with E-state index in [-0.39, 0.29) is 24.2 Å². The van der Waals surface area contributed by atoms with E-state index in [4.69, 9.17) is 4.74 Å². The van der Waals surface area contributed by atoms with Crippen LogP contribution in [0.25, 0.3) is 0 Å². The molecule has 0 aliphatic carbocycles. The molecule has 0 saturated carbocycles. The first-order chi connectivity index (χ1) is 9.50. The molecule has 2 aliphatic heterocycles. The van der Waals surface area contributed by atoms with Gasteiger partial charge >= 0.3 is 6.18 Å². The number of halogens is 3. The molecular formula is C15H18F3NO. The van der Waals surface area contributed by atoms with Gasteiger partial charge in [-0.1, -0.05) is 18.2 Å². The quantitative estimate of drug-likeness (QED) is 0.917. The third-order valence-electron chi connectivity index (χ3n) is 4.49. The van der Waals surface area contributed by atoms with Crippen LogP contribution in [0, 0.1) is 5.92 Å². The van der Waals surface area contributed by atoms with Crippen molar-refractivity contribution < 1.29 is 17.9 Å². The maximum absolute atomic E-state index is 13.2. The maximum Gasteiger partial charge on any atom is 0.416 e. The molecule has 3 rings (SSSR count). The van der Waals surface area contributed by atoms with E-state index in [0.717, 1.165) is 25.3 Å². The topological polar surface area (TPSA) is 21.3 Å². The van der Waals surface area contributed by atoms with Crippen LogP contribution in [0.5, 0.6) is 0 Å². The van der Waals surface area contributed by atoms with Gasteiger partial charge in [-0.25, -0.2) is 0 Å². The van der Waals surface area contributed by atoms with Crippen LogP contribution in [0.2, 0.25) is 0 Å². The molecule has 4 atom stereocenters. The second kappa shape index (κ2) is 5.04. The normalized spacial score (nSPS) is 30.7. The van der Waals surface area contributed by atoms with Gasteiger partial charge in [0.05, 0.1) is 17.8 Å². The molecule has 0 spiro atoms. The minimum absolute atomic E-state index is 0.0961. The highest BCUT2D eigenvalue weighted by molar-refractivity contribution is 5.33. The summed E-state index contributed by atoms with van der Waals surface area (Å²) < 4.78 is 45.3. The highest BCUT2D eigenvalue weighted by Crippen LogP contribution is 2.46. The molecular weight excluding hydrogens is 267 g/mol. The summed E-state index contributed by atoms with van der Waals surface area (Å²) in [7, 11) is 1.73. The van der Waals surface area contributed by atoms with E-state index in [1.165, 1.54) is 6.07 Å². The van der Waals surface area contributed by atoms with Crippen LogP contribution in [0.1, 0.15) is 36.4 Å². The van der Waals surface area contributed by atoms with Crippen molar-refractivity contribution in [1.82, 2.24) is 5.32 Å². The molecule has 2 saturated heterocycles. The third kappa shape index (κ3) is 2.33. The van der Waals surface area contributed by atoms with Gasteiger partial charge < -0.3 is 10.1 Å². The van der Waals surface area contributed by atoms with Gasteiger partial charge in [-0.05, 0) is 37.9 Å². The number of alkyl halides is 3. The average Bonchev–Trinajstić information content (AvgIpc) is 3.02. The summed E-state index contributed by atoms with van der Waals surface area (Å²) in [6.07, 6.45) is -1.13. The Morgan fingerprint density at radius 1 is 1.25 bits per heavy atom. The molecule has 5 heteroatoms. The molecule has 1 aromatic carbocycles. The first kappa shape index (κ1) is 13.9. The van der Waals surface area contributed by atoms with Gasteiger partial charge in [0, 0.05) is 12.0 Å². The van der Waals surface area contributed by atoms with Gasteiger partial charge in [0.15, 0.2) is 0 Å². The Morgan fingerprint density at radius 2 is 2.00 bits per heavy atom. The van der Waals surface area contributed by atoms with Gasteiger partial charge in [-0.2, -0.15) is 13.2 Å². The van der Waals surface area contributed by atoms with E-state index in [1.807, 2.05) is 0 Å². The van der Waals surface area contributed by atoms with Gasteiger partial charge in [-0.3, -0.25) is 0 Å². The first-order valence-electron chi connectivity index (χ1n) is 6.99. The van der Waals surface area contributed by atoms with Crippen LogP contribution in [-0.4, -0.2) is 19.3 Å². The molecule has 2 aliphatic rings. The molecule has 0 aromatic heterocycles. The van der Waals surface area contributed by atoms with E-state index in [1.54, 1.807) is 19.2 Å².